The topological polar surface area (TPSA) is 46.5 Å². The fourth-order valence-corrected chi connectivity index (χ4v) is 2.11. The third-order valence-corrected chi connectivity index (χ3v) is 3.08. The van der Waals surface area contributed by atoms with E-state index >= 15 is 0 Å². The van der Waals surface area contributed by atoms with Gasteiger partial charge in [-0.05, 0) is 36.0 Å². The highest BCUT2D eigenvalue weighted by Gasteiger charge is 2.29. The lowest BCUT2D eigenvalue weighted by Crippen LogP contribution is -2.21. The zero-order valence-electron chi connectivity index (χ0n) is 11.9. The van der Waals surface area contributed by atoms with E-state index in [-0.39, 0.29) is 23.5 Å². The normalized spacial score (nSPS) is 13.1. The number of carboxylic acid groups (broad SMARTS) is 1. The summed E-state index contributed by atoms with van der Waals surface area (Å²) < 4.78 is 19.0. The minimum atomic E-state index is -0.880. The Labute approximate surface area is 113 Å². The summed E-state index contributed by atoms with van der Waals surface area (Å²) in [4.78, 5) is 11.0. The van der Waals surface area contributed by atoms with E-state index in [9.17, 15) is 9.18 Å². The molecule has 0 aromatic heterocycles. The first-order chi connectivity index (χ1) is 8.75. The van der Waals surface area contributed by atoms with Gasteiger partial charge in [-0.15, -0.1) is 0 Å². The van der Waals surface area contributed by atoms with Gasteiger partial charge in [0.15, 0.2) is 11.6 Å². The lowest BCUT2D eigenvalue weighted by molar-refractivity contribution is -0.138. The third-order valence-electron chi connectivity index (χ3n) is 3.08. The second kappa shape index (κ2) is 6.04. The van der Waals surface area contributed by atoms with Crippen molar-refractivity contribution in [3.63, 3.8) is 0 Å². The number of carbonyl (C=O) groups is 1. The van der Waals surface area contributed by atoms with Crippen molar-refractivity contribution in [2.75, 3.05) is 6.61 Å². The molecule has 3 nitrogen and oxygen atoms in total. The number of rotatable bonds is 5. The summed E-state index contributed by atoms with van der Waals surface area (Å²) >= 11 is 0. The molecule has 0 aliphatic rings. The van der Waals surface area contributed by atoms with E-state index in [1.165, 1.54) is 6.07 Å². The van der Waals surface area contributed by atoms with Crippen LogP contribution in [0.3, 0.4) is 0 Å². The minimum absolute atomic E-state index is 0.0169. The van der Waals surface area contributed by atoms with Crippen molar-refractivity contribution < 1.29 is 19.0 Å². The van der Waals surface area contributed by atoms with Crippen LogP contribution in [0.25, 0.3) is 0 Å². The van der Waals surface area contributed by atoms with Crippen LogP contribution in [0.1, 0.15) is 45.6 Å². The molecule has 1 aromatic rings. The maximum Gasteiger partial charge on any atom is 0.303 e. The number of hydrogen-bond acceptors (Lipinski definition) is 2. The van der Waals surface area contributed by atoms with E-state index in [1.54, 1.807) is 19.1 Å². The van der Waals surface area contributed by atoms with Gasteiger partial charge in [0.25, 0.3) is 0 Å². The maximum absolute atomic E-state index is 13.9. The van der Waals surface area contributed by atoms with Gasteiger partial charge in [-0.25, -0.2) is 4.39 Å². The van der Waals surface area contributed by atoms with Crippen LogP contribution < -0.4 is 4.74 Å². The summed E-state index contributed by atoms with van der Waals surface area (Å²) in [6.07, 6.45) is -0.0169. The molecule has 1 aromatic carbocycles. The molecule has 19 heavy (non-hydrogen) atoms. The molecule has 0 spiro atoms. The van der Waals surface area contributed by atoms with Gasteiger partial charge < -0.3 is 9.84 Å². The fourth-order valence-electron chi connectivity index (χ4n) is 2.11. The molecule has 106 valence electrons. The Balaban J connectivity index is 3.10. The lowest BCUT2D eigenvalue weighted by Gasteiger charge is -2.30. The molecular weight excluding hydrogens is 247 g/mol. The SMILES string of the molecule is CCOc1ccc(C(CC(=O)O)C(C)(C)C)cc1F. The van der Waals surface area contributed by atoms with E-state index in [0.717, 1.165) is 0 Å². The zero-order valence-corrected chi connectivity index (χ0v) is 11.9. The summed E-state index contributed by atoms with van der Waals surface area (Å²) in [5, 5.41) is 9.00. The van der Waals surface area contributed by atoms with Crippen molar-refractivity contribution in [2.24, 2.45) is 5.41 Å². The van der Waals surface area contributed by atoms with Gasteiger partial charge in [0.1, 0.15) is 0 Å². The number of carboxylic acids is 1. The highest BCUT2D eigenvalue weighted by atomic mass is 19.1. The van der Waals surface area contributed by atoms with Crippen molar-refractivity contribution in [2.45, 2.75) is 40.0 Å². The van der Waals surface area contributed by atoms with Crippen molar-refractivity contribution in [1.82, 2.24) is 0 Å². The zero-order chi connectivity index (χ0) is 14.6. The average Bonchev–Trinajstić information content (AvgIpc) is 2.27. The van der Waals surface area contributed by atoms with E-state index in [4.69, 9.17) is 9.84 Å². The maximum atomic E-state index is 13.9. The molecule has 0 aliphatic carbocycles. The van der Waals surface area contributed by atoms with Crippen LogP contribution in [0.5, 0.6) is 5.75 Å². The van der Waals surface area contributed by atoms with Gasteiger partial charge in [0.2, 0.25) is 0 Å². The Bertz CT molecular complexity index is 449. The van der Waals surface area contributed by atoms with Crippen LogP contribution in [0.15, 0.2) is 18.2 Å². The van der Waals surface area contributed by atoms with Crippen molar-refractivity contribution in [3.05, 3.63) is 29.6 Å². The molecule has 0 fully saturated rings. The standard InChI is InChI=1S/C15H21FO3/c1-5-19-13-7-6-10(8-12(13)16)11(9-14(17)18)15(2,3)4/h6-8,11H,5,9H2,1-4H3,(H,17,18). The summed E-state index contributed by atoms with van der Waals surface area (Å²) in [5.41, 5.74) is 0.439. The third kappa shape index (κ3) is 4.23. The Hall–Kier alpha value is -1.58. The van der Waals surface area contributed by atoms with Crippen LogP contribution in [0.4, 0.5) is 4.39 Å². The summed E-state index contributed by atoms with van der Waals surface area (Å²) in [5.74, 6) is -1.36. The second-order valence-corrected chi connectivity index (χ2v) is 5.64. The highest BCUT2D eigenvalue weighted by molar-refractivity contribution is 5.68. The molecule has 0 heterocycles. The number of aliphatic carboxylic acids is 1. The summed E-state index contributed by atoms with van der Waals surface area (Å²) in [6.45, 7) is 8.04. The quantitative estimate of drug-likeness (QED) is 0.882. The Morgan fingerprint density at radius 2 is 2.05 bits per heavy atom. The number of benzene rings is 1. The molecule has 0 saturated heterocycles. The predicted octanol–water partition coefficient (Wildman–Crippen LogP) is 3.83. The molecule has 0 bridgehead atoms. The average molecular weight is 268 g/mol. The molecule has 4 heteroatoms. The van der Waals surface area contributed by atoms with E-state index in [0.29, 0.717) is 12.2 Å². The number of halogens is 1. The van der Waals surface area contributed by atoms with E-state index < -0.39 is 11.8 Å². The smallest absolute Gasteiger partial charge is 0.303 e. The van der Waals surface area contributed by atoms with Gasteiger partial charge in [-0.1, -0.05) is 26.8 Å². The Morgan fingerprint density at radius 3 is 2.47 bits per heavy atom. The lowest BCUT2D eigenvalue weighted by atomic mass is 9.74. The Kier molecular flexibility index (Phi) is 4.92. The van der Waals surface area contributed by atoms with Crippen molar-refractivity contribution in [3.8, 4) is 5.75 Å². The molecule has 0 saturated carbocycles. The van der Waals surface area contributed by atoms with Crippen LogP contribution in [-0.2, 0) is 4.79 Å². The number of hydrogen-bond donors (Lipinski definition) is 1. The fraction of sp³-hybridized carbons (Fsp3) is 0.533. The van der Waals surface area contributed by atoms with Crippen molar-refractivity contribution >= 4 is 5.97 Å². The molecule has 0 amide bonds. The van der Waals surface area contributed by atoms with Gasteiger partial charge in [-0.3, -0.25) is 4.79 Å². The molecule has 0 aliphatic heterocycles. The Morgan fingerprint density at radius 1 is 1.42 bits per heavy atom. The monoisotopic (exact) mass is 268 g/mol. The summed E-state index contributed by atoms with van der Waals surface area (Å²) in [7, 11) is 0. The molecule has 0 radical (unpaired) electrons. The first-order valence-electron chi connectivity index (χ1n) is 6.39. The number of ether oxygens (including phenoxy) is 1. The molecule has 1 unspecified atom stereocenters. The molecule has 1 atom stereocenters. The van der Waals surface area contributed by atoms with Crippen LogP contribution >= 0.6 is 0 Å². The molecule has 1 rings (SSSR count). The van der Waals surface area contributed by atoms with Crippen molar-refractivity contribution in [1.29, 1.82) is 0 Å². The molecular formula is C15H21FO3. The van der Waals surface area contributed by atoms with Gasteiger partial charge >= 0.3 is 5.97 Å². The summed E-state index contributed by atoms with van der Waals surface area (Å²) in [6, 6.07) is 4.69. The van der Waals surface area contributed by atoms with Gasteiger partial charge in [-0.2, -0.15) is 0 Å². The van der Waals surface area contributed by atoms with E-state index in [1.807, 2.05) is 20.8 Å². The van der Waals surface area contributed by atoms with Crippen LogP contribution in [0, 0.1) is 11.2 Å². The van der Waals surface area contributed by atoms with Gasteiger partial charge in [0.05, 0.1) is 13.0 Å². The van der Waals surface area contributed by atoms with E-state index in [2.05, 4.69) is 0 Å². The highest BCUT2D eigenvalue weighted by Crippen LogP contribution is 2.38. The first-order valence-corrected chi connectivity index (χ1v) is 6.39. The first kappa shape index (κ1) is 15.5. The second-order valence-electron chi connectivity index (χ2n) is 5.64. The molecule has 1 N–H and O–H groups in total. The predicted molar refractivity (Wildman–Crippen MR) is 72.0 cm³/mol. The minimum Gasteiger partial charge on any atom is -0.491 e. The van der Waals surface area contributed by atoms with Gasteiger partial charge in [0, 0.05) is 0 Å². The largest absolute Gasteiger partial charge is 0.491 e. The van der Waals surface area contributed by atoms with Crippen LogP contribution in [0.2, 0.25) is 0 Å². The van der Waals surface area contributed by atoms with Crippen LogP contribution in [-0.4, -0.2) is 17.7 Å².